The lowest BCUT2D eigenvalue weighted by molar-refractivity contribution is -0.168. The van der Waals surface area contributed by atoms with Crippen molar-refractivity contribution in [3.8, 4) is 17.2 Å². The number of hydrogen-bond acceptors (Lipinski definition) is 4. The molecule has 12 heteroatoms. The molecule has 0 radical (unpaired) electrons. The third-order valence-corrected chi connectivity index (χ3v) is 10.6. The molecule has 3 N–H and O–H groups in total. The van der Waals surface area contributed by atoms with Crippen molar-refractivity contribution in [2.75, 3.05) is 13.1 Å². The van der Waals surface area contributed by atoms with E-state index in [-0.39, 0.29) is 52.0 Å². The number of halogens is 5. The van der Waals surface area contributed by atoms with Crippen LogP contribution < -0.4 is 11.1 Å². The molecule has 4 aromatic rings. The minimum Gasteiger partial charge on any atom is -0.351 e. The first-order valence-corrected chi connectivity index (χ1v) is 15.3. The Bertz CT molecular complexity index is 1910. The Morgan fingerprint density at radius 1 is 1.30 bits per heavy atom. The van der Waals surface area contributed by atoms with Gasteiger partial charge < -0.3 is 20.5 Å². The standard InChI is InChI=1S/C32H29Cl2F3N6O/c1-14(30-32(36,37)13-42(30)31(39)44)23-11-19-15(2)41-27-20(29(19)43(23)28-17-10-22(28)40-12-17)9-16(5-4-8-38)24(26(27)35)18-6-3-7-21(33)25(18)34/h3,6-7,9,11,14,17,22,28,30,40H,4-5,10,12-13H2,1-2H3,(H2,39,44)/t14-,17+,22+,28-,30?/m0/s1. The van der Waals surface area contributed by atoms with Crippen molar-refractivity contribution in [2.24, 2.45) is 11.7 Å². The van der Waals surface area contributed by atoms with Gasteiger partial charge >= 0.3 is 6.03 Å². The van der Waals surface area contributed by atoms with Crippen LogP contribution in [-0.4, -0.2) is 51.6 Å². The molecule has 2 aromatic carbocycles. The van der Waals surface area contributed by atoms with E-state index in [0.29, 0.717) is 33.4 Å². The number of hydrogen-bond donors (Lipinski definition) is 2. The fraction of sp³-hybridized carbons (Fsp3) is 0.406. The monoisotopic (exact) mass is 640 g/mol. The van der Waals surface area contributed by atoms with Gasteiger partial charge in [0.25, 0.3) is 5.92 Å². The SMILES string of the molecule is Cc1nc2c(F)c(-c3cccc(Cl)c3Cl)c(CCC#N)cc2c2c1cc([C@H](C)C1N(C(N)=O)CC1(F)F)n2[C@H]1[C@H]2CN[C@@H]1C2. The summed E-state index contributed by atoms with van der Waals surface area (Å²) in [6.45, 7) is 3.53. The fourth-order valence-electron chi connectivity index (χ4n) is 7.74. The van der Waals surface area contributed by atoms with Crippen LogP contribution in [0.2, 0.25) is 10.0 Å². The highest BCUT2D eigenvalue weighted by molar-refractivity contribution is 6.43. The Morgan fingerprint density at radius 3 is 2.70 bits per heavy atom. The maximum absolute atomic E-state index is 16.8. The van der Waals surface area contributed by atoms with Crippen molar-refractivity contribution < 1.29 is 18.0 Å². The van der Waals surface area contributed by atoms with E-state index in [1.807, 2.05) is 12.1 Å². The summed E-state index contributed by atoms with van der Waals surface area (Å²) >= 11 is 12.9. The molecule has 2 aromatic heterocycles. The summed E-state index contributed by atoms with van der Waals surface area (Å²) in [4.78, 5) is 17.8. The van der Waals surface area contributed by atoms with Crippen LogP contribution in [0.4, 0.5) is 18.0 Å². The van der Waals surface area contributed by atoms with E-state index in [2.05, 4.69) is 16.0 Å². The molecular formula is C32H29Cl2F3N6O. The molecule has 1 unspecified atom stereocenters. The summed E-state index contributed by atoms with van der Waals surface area (Å²) in [6, 6.07) is 8.64. The first kappa shape index (κ1) is 29.2. The lowest BCUT2D eigenvalue weighted by atomic mass is 9.78. The predicted molar refractivity (Wildman–Crippen MR) is 164 cm³/mol. The molecule has 3 saturated heterocycles. The summed E-state index contributed by atoms with van der Waals surface area (Å²) in [5.74, 6) is -4.21. The number of nitriles is 1. The van der Waals surface area contributed by atoms with E-state index in [9.17, 15) is 10.1 Å². The van der Waals surface area contributed by atoms with Gasteiger partial charge in [-0.2, -0.15) is 5.26 Å². The van der Waals surface area contributed by atoms with Gasteiger partial charge in [0.15, 0.2) is 5.82 Å². The molecule has 8 rings (SSSR count). The minimum absolute atomic E-state index is 0.0432. The second kappa shape index (κ2) is 10.3. The van der Waals surface area contributed by atoms with Crippen LogP contribution in [0.3, 0.4) is 0 Å². The number of nitrogens with one attached hydrogen (secondary N) is 1. The highest BCUT2D eigenvalue weighted by Gasteiger charge is 2.60. The predicted octanol–water partition coefficient (Wildman–Crippen LogP) is 7.10. The van der Waals surface area contributed by atoms with E-state index in [1.54, 1.807) is 32.0 Å². The summed E-state index contributed by atoms with van der Waals surface area (Å²) < 4.78 is 49.0. The summed E-state index contributed by atoms with van der Waals surface area (Å²) in [6.07, 6.45) is 1.34. The highest BCUT2D eigenvalue weighted by Crippen LogP contribution is 2.51. The molecule has 3 aliphatic heterocycles. The number of carbonyl (C=O) groups excluding carboxylic acids is 1. The van der Waals surface area contributed by atoms with Crippen LogP contribution in [0.15, 0.2) is 30.3 Å². The van der Waals surface area contributed by atoms with E-state index < -0.39 is 36.3 Å². The number of amides is 2. The number of benzene rings is 2. The van der Waals surface area contributed by atoms with Crippen LogP contribution in [0.25, 0.3) is 32.9 Å². The molecule has 7 nitrogen and oxygen atoms in total. The number of likely N-dealkylation sites (tertiary alicyclic amines) is 1. The zero-order chi connectivity index (χ0) is 31.2. The number of carbonyl (C=O) groups is 1. The highest BCUT2D eigenvalue weighted by atomic mass is 35.5. The molecule has 1 saturated carbocycles. The first-order valence-electron chi connectivity index (χ1n) is 14.6. The van der Waals surface area contributed by atoms with Crippen LogP contribution in [0.5, 0.6) is 0 Å². The fourth-order valence-corrected chi connectivity index (χ4v) is 8.13. The van der Waals surface area contributed by atoms with Gasteiger partial charge in [-0.05, 0) is 49.4 Å². The Morgan fingerprint density at radius 2 is 2.07 bits per heavy atom. The van der Waals surface area contributed by atoms with Gasteiger partial charge in [-0.15, -0.1) is 0 Å². The lowest BCUT2D eigenvalue weighted by Gasteiger charge is -2.50. The minimum atomic E-state index is -3.11. The normalized spacial score (nSPS) is 24.3. The van der Waals surface area contributed by atoms with Crippen molar-refractivity contribution in [3.05, 3.63) is 63.1 Å². The number of alkyl halides is 2. The number of aromatic nitrogens is 2. The average molecular weight is 642 g/mol. The molecule has 2 amide bonds. The maximum Gasteiger partial charge on any atom is 0.315 e. The molecule has 4 fully saturated rings. The Labute approximate surface area is 261 Å². The maximum atomic E-state index is 16.8. The summed E-state index contributed by atoms with van der Waals surface area (Å²) in [5.41, 5.74) is 8.66. The number of nitrogens with zero attached hydrogens (tertiary/aromatic N) is 4. The number of aryl methyl sites for hydroxylation is 2. The van der Waals surface area contributed by atoms with Crippen molar-refractivity contribution in [3.63, 3.8) is 0 Å². The van der Waals surface area contributed by atoms with Gasteiger partial charge in [0, 0.05) is 58.2 Å². The second-order valence-corrected chi connectivity index (χ2v) is 13.0. The van der Waals surface area contributed by atoms with Crippen molar-refractivity contribution >= 4 is 51.0 Å². The van der Waals surface area contributed by atoms with Gasteiger partial charge in [0.2, 0.25) is 0 Å². The smallest absolute Gasteiger partial charge is 0.315 e. The molecule has 44 heavy (non-hydrogen) atoms. The largest absolute Gasteiger partial charge is 0.351 e. The first-order chi connectivity index (χ1) is 20.9. The molecule has 4 aliphatic rings. The van der Waals surface area contributed by atoms with Crippen molar-refractivity contribution in [2.45, 2.75) is 63.1 Å². The molecule has 0 spiro atoms. The van der Waals surface area contributed by atoms with E-state index in [1.165, 1.54) is 0 Å². The van der Waals surface area contributed by atoms with Gasteiger partial charge in [0.05, 0.1) is 34.2 Å². The molecule has 228 valence electrons. The van der Waals surface area contributed by atoms with E-state index in [4.69, 9.17) is 33.9 Å². The average Bonchev–Trinajstić information content (AvgIpc) is 3.70. The number of pyridine rings is 1. The zero-order valence-electron chi connectivity index (χ0n) is 24.0. The van der Waals surface area contributed by atoms with Crippen LogP contribution >= 0.6 is 23.2 Å². The Hall–Kier alpha value is -3.52. The van der Waals surface area contributed by atoms with Gasteiger partial charge in [-0.1, -0.05) is 42.3 Å². The molecule has 1 aliphatic carbocycles. The molecule has 2 bridgehead atoms. The van der Waals surface area contributed by atoms with Crippen LogP contribution in [0.1, 0.15) is 48.7 Å². The second-order valence-electron chi connectivity index (χ2n) is 12.2. The molecule has 5 heterocycles. The van der Waals surface area contributed by atoms with Crippen molar-refractivity contribution in [1.82, 2.24) is 19.8 Å². The van der Waals surface area contributed by atoms with Crippen LogP contribution in [-0.2, 0) is 6.42 Å². The van der Waals surface area contributed by atoms with Gasteiger partial charge in [-0.25, -0.2) is 22.9 Å². The van der Waals surface area contributed by atoms with Crippen molar-refractivity contribution in [1.29, 1.82) is 5.26 Å². The van der Waals surface area contributed by atoms with Crippen LogP contribution in [0, 0.1) is 30.0 Å². The number of primary amides is 1. The Balaban J connectivity index is 1.53. The topological polar surface area (TPSA) is 100.0 Å². The quantitative estimate of drug-likeness (QED) is 0.235. The van der Waals surface area contributed by atoms with E-state index in [0.717, 1.165) is 23.3 Å². The molecular weight excluding hydrogens is 612 g/mol. The van der Waals surface area contributed by atoms with Gasteiger partial charge in [-0.3, -0.25) is 0 Å². The number of urea groups is 1. The van der Waals surface area contributed by atoms with Gasteiger partial charge in [0.1, 0.15) is 11.6 Å². The summed E-state index contributed by atoms with van der Waals surface area (Å²) in [7, 11) is 0. The Kier molecular flexibility index (Phi) is 6.81. The lowest BCUT2D eigenvalue weighted by Crippen LogP contribution is -2.69. The summed E-state index contributed by atoms with van der Waals surface area (Å²) in [5, 5.41) is 14.7. The number of nitrogens with two attached hydrogens (primary N) is 1. The number of fused-ring (bicyclic) bond motifs is 4. The zero-order valence-corrected chi connectivity index (χ0v) is 25.5. The molecule has 5 atom stereocenters. The third-order valence-electron chi connectivity index (χ3n) is 9.81. The van der Waals surface area contributed by atoms with E-state index >= 15 is 13.2 Å². The number of rotatable bonds is 6. The third kappa shape index (κ3) is 4.12.